The summed E-state index contributed by atoms with van der Waals surface area (Å²) in [5.74, 6) is -0.359. The molecule has 3 rings (SSSR count). The van der Waals surface area contributed by atoms with Crippen LogP contribution in [-0.4, -0.2) is 30.6 Å². The average molecular weight is 298 g/mol. The minimum Gasteiger partial charge on any atom is -0.347 e. The Hall–Kier alpha value is -1.41. The minimum absolute atomic E-state index is 0.0596. The van der Waals surface area contributed by atoms with Crippen LogP contribution in [0.5, 0.6) is 0 Å². The van der Waals surface area contributed by atoms with Crippen LogP contribution in [0.15, 0.2) is 4.90 Å². The Morgan fingerprint density at radius 3 is 2.50 bits per heavy atom. The van der Waals surface area contributed by atoms with Crippen molar-refractivity contribution in [2.75, 3.05) is 0 Å². The van der Waals surface area contributed by atoms with Crippen molar-refractivity contribution < 1.29 is 13.2 Å². The zero-order valence-electron chi connectivity index (χ0n) is 11.4. The first-order valence-corrected chi connectivity index (χ1v) is 8.17. The summed E-state index contributed by atoms with van der Waals surface area (Å²) in [6, 6.07) is 0.0596. The van der Waals surface area contributed by atoms with E-state index in [9.17, 15) is 13.2 Å². The number of hydrogen-bond donors (Lipinski definition) is 3. The fraction of sp³-hybridized carbons (Fsp3) is 0.667. The van der Waals surface area contributed by atoms with Gasteiger partial charge in [-0.1, -0.05) is 13.8 Å². The number of nitrogens with zero attached hydrogens (tertiary/aromatic N) is 1. The molecular weight excluding hydrogens is 280 g/mol. The number of primary sulfonamides is 1. The molecule has 4 N–H and O–H groups in total. The molecule has 0 radical (unpaired) electrons. The standard InChI is InChI=1S/C12H18N4O3S/c1-12(2)5-7(12)14-11(17)9-10(20(13,18)19)8(15-16-9)6-3-4-6/h6-7H,3-5H2,1-2H3,(H,14,17)(H,15,16)(H2,13,18,19). The van der Waals surface area contributed by atoms with Crippen molar-refractivity contribution in [2.45, 2.75) is 50.0 Å². The number of rotatable bonds is 4. The van der Waals surface area contributed by atoms with Crippen molar-refractivity contribution in [3.63, 3.8) is 0 Å². The Bertz CT molecular complexity index is 673. The fourth-order valence-corrected chi connectivity index (χ4v) is 3.30. The first kappa shape index (κ1) is 13.6. The molecule has 20 heavy (non-hydrogen) atoms. The van der Waals surface area contributed by atoms with Crippen molar-refractivity contribution in [1.29, 1.82) is 0 Å². The lowest BCUT2D eigenvalue weighted by atomic mass is 10.2. The van der Waals surface area contributed by atoms with E-state index in [1.54, 1.807) is 0 Å². The van der Waals surface area contributed by atoms with Crippen LogP contribution in [0.2, 0.25) is 0 Å². The molecule has 1 aromatic heterocycles. The predicted molar refractivity (Wildman–Crippen MR) is 71.6 cm³/mol. The van der Waals surface area contributed by atoms with Gasteiger partial charge in [-0.25, -0.2) is 13.6 Å². The third-order valence-corrected chi connectivity index (χ3v) is 5.03. The van der Waals surface area contributed by atoms with E-state index in [4.69, 9.17) is 5.14 Å². The molecule has 1 unspecified atom stereocenters. The van der Waals surface area contributed by atoms with Gasteiger partial charge in [0.15, 0.2) is 5.69 Å². The molecule has 0 saturated heterocycles. The Labute approximate surface area is 117 Å². The van der Waals surface area contributed by atoms with E-state index in [-0.39, 0.29) is 28.0 Å². The molecule has 110 valence electrons. The van der Waals surface area contributed by atoms with Gasteiger partial charge in [-0.2, -0.15) is 5.10 Å². The SMILES string of the molecule is CC1(C)CC1NC(=O)c1n[nH]c(C2CC2)c1S(N)(=O)=O. The number of carbonyl (C=O) groups is 1. The van der Waals surface area contributed by atoms with Crippen LogP contribution in [0.25, 0.3) is 0 Å². The van der Waals surface area contributed by atoms with Crippen LogP contribution >= 0.6 is 0 Å². The van der Waals surface area contributed by atoms with Gasteiger partial charge in [-0.05, 0) is 24.7 Å². The van der Waals surface area contributed by atoms with E-state index in [2.05, 4.69) is 15.5 Å². The molecule has 0 spiro atoms. The topological polar surface area (TPSA) is 118 Å². The highest BCUT2D eigenvalue weighted by molar-refractivity contribution is 7.89. The van der Waals surface area contributed by atoms with Crippen LogP contribution in [0.3, 0.4) is 0 Å². The van der Waals surface area contributed by atoms with Gasteiger partial charge in [0, 0.05) is 12.0 Å². The summed E-state index contributed by atoms with van der Waals surface area (Å²) < 4.78 is 23.5. The molecule has 2 saturated carbocycles. The fourth-order valence-electron chi connectivity index (χ4n) is 2.38. The maximum atomic E-state index is 12.2. The molecule has 0 bridgehead atoms. The van der Waals surface area contributed by atoms with Gasteiger partial charge in [0.2, 0.25) is 10.0 Å². The number of amides is 1. The Morgan fingerprint density at radius 2 is 2.05 bits per heavy atom. The third kappa shape index (κ3) is 2.33. The Kier molecular flexibility index (Phi) is 2.74. The summed E-state index contributed by atoms with van der Waals surface area (Å²) in [6.07, 6.45) is 2.66. The molecule has 0 aliphatic heterocycles. The molecule has 1 amide bonds. The molecule has 1 atom stereocenters. The summed E-state index contributed by atoms with van der Waals surface area (Å²) >= 11 is 0. The zero-order valence-corrected chi connectivity index (χ0v) is 12.3. The molecule has 2 aliphatic carbocycles. The quantitative estimate of drug-likeness (QED) is 0.748. The molecule has 8 heteroatoms. The van der Waals surface area contributed by atoms with Crippen molar-refractivity contribution in [1.82, 2.24) is 15.5 Å². The van der Waals surface area contributed by atoms with Crippen molar-refractivity contribution >= 4 is 15.9 Å². The number of nitrogens with one attached hydrogen (secondary N) is 2. The van der Waals surface area contributed by atoms with Crippen LogP contribution in [0, 0.1) is 5.41 Å². The first-order valence-electron chi connectivity index (χ1n) is 6.62. The van der Waals surface area contributed by atoms with E-state index in [0.717, 1.165) is 19.3 Å². The number of nitrogens with two attached hydrogens (primary N) is 1. The van der Waals surface area contributed by atoms with Crippen LogP contribution < -0.4 is 10.5 Å². The van der Waals surface area contributed by atoms with Crippen molar-refractivity contribution in [2.24, 2.45) is 10.6 Å². The molecule has 2 fully saturated rings. The second-order valence-electron chi connectivity index (χ2n) is 6.35. The van der Waals surface area contributed by atoms with Gasteiger partial charge < -0.3 is 5.32 Å². The van der Waals surface area contributed by atoms with E-state index in [0.29, 0.717) is 5.69 Å². The van der Waals surface area contributed by atoms with Crippen molar-refractivity contribution in [3.05, 3.63) is 11.4 Å². The highest BCUT2D eigenvalue weighted by Crippen LogP contribution is 2.45. The summed E-state index contributed by atoms with van der Waals surface area (Å²) in [5, 5.41) is 14.6. The summed E-state index contributed by atoms with van der Waals surface area (Å²) in [6.45, 7) is 4.08. The third-order valence-electron chi connectivity index (χ3n) is 4.05. The van der Waals surface area contributed by atoms with Crippen LogP contribution in [-0.2, 0) is 10.0 Å². The van der Waals surface area contributed by atoms with E-state index in [1.165, 1.54) is 0 Å². The highest BCUT2D eigenvalue weighted by atomic mass is 32.2. The largest absolute Gasteiger partial charge is 0.347 e. The average Bonchev–Trinajstić information content (AvgIpc) is 3.18. The van der Waals surface area contributed by atoms with E-state index >= 15 is 0 Å². The second-order valence-corrected chi connectivity index (χ2v) is 7.85. The summed E-state index contributed by atoms with van der Waals surface area (Å²) in [5.41, 5.74) is 0.414. The van der Waals surface area contributed by atoms with Gasteiger partial charge in [0.05, 0.1) is 5.69 Å². The minimum atomic E-state index is -3.97. The molecule has 7 nitrogen and oxygen atoms in total. The normalized spacial score (nSPS) is 24.4. The van der Waals surface area contributed by atoms with Gasteiger partial charge >= 0.3 is 0 Å². The molecular formula is C12H18N4O3S. The zero-order chi connectivity index (χ0) is 14.7. The number of sulfonamides is 1. The predicted octanol–water partition coefficient (Wildman–Crippen LogP) is 0.463. The first-order chi connectivity index (χ1) is 9.20. The lowest BCUT2D eigenvalue weighted by Crippen LogP contribution is -2.30. The van der Waals surface area contributed by atoms with E-state index in [1.807, 2.05) is 13.8 Å². The monoisotopic (exact) mass is 298 g/mol. The number of hydrogen-bond acceptors (Lipinski definition) is 4. The van der Waals surface area contributed by atoms with Crippen molar-refractivity contribution in [3.8, 4) is 0 Å². The number of aromatic nitrogens is 2. The smallest absolute Gasteiger partial charge is 0.273 e. The second kappa shape index (κ2) is 4.05. The number of H-pyrrole nitrogens is 1. The highest BCUT2D eigenvalue weighted by Gasteiger charge is 2.47. The summed E-state index contributed by atoms with van der Waals surface area (Å²) in [4.78, 5) is 12.1. The maximum absolute atomic E-state index is 12.2. The van der Waals surface area contributed by atoms with Gasteiger partial charge in [-0.15, -0.1) is 0 Å². The molecule has 1 heterocycles. The van der Waals surface area contributed by atoms with Gasteiger partial charge in [0.1, 0.15) is 4.90 Å². The molecule has 2 aliphatic rings. The lowest BCUT2D eigenvalue weighted by Gasteiger charge is -2.06. The Balaban J connectivity index is 1.91. The van der Waals surface area contributed by atoms with Gasteiger partial charge in [-0.3, -0.25) is 9.89 Å². The van der Waals surface area contributed by atoms with E-state index < -0.39 is 15.9 Å². The lowest BCUT2D eigenvalue weighted by molar-refractivity contribution is 0.0938. The number of aromatic amines is 1. The van der Waals surface area contributed by atoms with Gasteiger partial charge in [0.25, 0.3) is 5.91 Å². The van der Waals surface area contributed by atoms with Crippen LogP contribution in [0.4, 0.5) is 0 Å². The Morgan fingerprint density at radius 1 is 1.45 bits per heavy atom. The molecule has 1 aromatic rings. The number of carbonyl (C=O) groups excluding carboxylic acids is 1. The van der Waals surface area contributed by atoms with Crippen LogP contribution in [0.1, 0.15) is 55.2 Å². The molecule has 0 aromatic carbocycles. The summed E-state index contributed by atoms with van der Waals surface area (Å²) in [7, 11) is -3.97. The maximum Gasteiger partial charge on any atom is 0.273 e.